The molecule has 2 heterocycles. The monoisotopic (exact) mass is 256 g/mol. The molecule has 0 aromatic carbocycles. The van der Waals surface area contributed by atoms with Crippen molar-refractivity contribution in [3.05, 3.63) is 0 Å². The molecule has 0 saturated carbocycles. The second-order valence-corrected chi connectivity index (χ2v) is 4.87. The van der Waals surface area contributed by atoms with Crippen molar-refractivity contribution in [2.24, 2.45) is 5.92 Å². The normalized spacial score (nSPS) is 29.2. The van der Waals surface area contributed by atoms with E-state index in [4.69, 9.17) is 10.2 Å². The molecule has 100 valence electrons. The number of aliphatic carboxylic acids is 2. The van der Waals surface area contributed by atoms with Crippen LogP contribution in [0.25, 0.3) is 0 Å². The van der Waals surface area contributed by atoms with Crippen molar-refractivity contribution in [2.75, 3.05) is 13.1 Å². The number of fused-ring (bicyclic) bond motifs is 2. The molecule has 7 nitrogen and oxygen atoms in total. The van der Waals surface area contributed by atoms with Crippen LogP contribution in [0.5, 0.6) is 0 Å². The van der Waals surface area contributed by atoms with Crippen LogP contribution in [0.2, 0.25) is 0 Å². The van der Waals surface area contributed by atoms with Gasteiger partial charge in [0, 0.05) is 12.1 Å². The summed E-state index contributed by atoms with van der Waals surface area (Å²) in [5.74, 6) is -3.02. The number of carbonyl (C=O) groups is 3. The zero-order chi connectivity index (χ0) is 13.3. The zero-order valence-electron chi connectivity index (χ0n) is 9.83. The molecule has 2 rings (SSSR count). The summed E-state index contributed by atoms with van der Waals surface area (Å²) in [7, 11) is 0. The molecule has 3 atom stereocenters. The summed E-state index contributed by atoms with van der Waals surface area (Å²) in [5, 5.41) is 20.7. The lowest BCUT2D eigenvalue weighted by Crippen LogP contribution is -2.45. The smallest absolute Gasteiger partial charge is 0.323 e. The molecule has 3 N–H and O–H groups in total. The van der Waals surface area contributed by atoms with Gasteiger partial charge in [0.05, 0.1) is 5.92 Å². The molecule has 3 unspecified atom stereocenters. The number of hydrogen-bond acceptors (Lipinski definition) is 4. The molecule has 0 radical (unpaired) electrons. The maximum Gasteiger partial charge on any atom is 0.323 e. The van der Waals surface area contributed by atoms with E-state index in [0.717, 1.165) is 17.7 Å². The fraction of sp³-hybridized carbons (Fsp3) is 0.727. The highest BCUT2D eigenvalue weighted by molar-refractivity contribution is 5.87. The van der Waals surface area contributed by atoms with Crippen LogP contribution in [-0.2, 0) is 14.4 Å². The zero-order valence-corrected chi connectivity index (χ0v) is 9.83. The number of carbonyl (C=O) groups excluding carboxylic acids is 1. The maximum atomic E-state index is 12.2. The molecule has 2 fully saturated rings. The van der Waals surface area contributed by atoms with Gasteiger partial charge in [0.25, 0.3) is 0 Å². The quantitative estimate of drug-likeness (QED) is 0.590. The molecule has 2 aliphatic rings. The Morgan fingerprint density at radius 1 is 1.11 bits per heavy atom. The Kier molecular flexibility index (Phi) is 3.51. The van der Waals surface area contributed by atoms with Gasteiger partial charge in [0.1, 0.15) is 13.1 Å². The first-order valence-corrected chi connectivity index (χ1v) is 5.96. The molecule has 18 heavy (non-hydrogen) atoms. The average Bonchev–Trinajstić information content (AvgIpc) is 2.87. The molecular formula is C11H16N2O5. The van der Waals surface area contributed by atoms with Crippen LogP contribution in [0.4, 0.5) is 0 Å². The van der Waals surface area contributed by atoms with Gasteiger partial charge in [0.15, 0.2) is 0 Å². The van der Waals surface area contributed by atoms with Gasteiger partial charge in [-0.15, -0.1) is 0 Å². The number of carboxylic acids is 2. The fourth-order valence-electron chi connectivity index (χ4n) is 2.87. The van der Waals surface area contributed by atoms with E-state index in [9.17, 15) is 14.4 Å². The summed E-state index contributed by atoms with van der Waals surface area (Å²) >= 11 is 0. The molecular weight excluding hydrogens is 240 g/mol. The van der Waals surface area contributed by atoms with Gasteiger partial charge in [-0.2, -0.15) is 0 Å². The van der Waals surface area contributed by atoms with Crippen LogP contribution in [-0.4, -0.2) is 58.1 Å². The van der Waals surface area contributed by atoms with E-state index in [-0.39, 0.29) is 17.9 Å². The van der Waals surface area contributed by atoms with Gasteiger partial charge in [-0.1, -0.05) is 0 Å². The second-order valence-electron chi connectivity index (χ2n) is 4.87. The lowest BCUT2D eigenvalue weighted by molar-refractivity contribution is -0.151. The SMILES string of the molecule is O=C(O)CN(CC(=O)O)C(=O)C1CC2CCC1N2. The van der Waals surface area contributed by atoms with E-state index in [2.05, 4.69) is 5.32 Å². The van der Waals surface area contributed by atoms with E-state index in [0.29, 0.717) is 12.5 Å². The minimum absolute atomic E-state index is 0.0765. The summed E-state index contributed by atoms with van der Waals surface area (Å²) < 4.78 is 0. The lowest BCUT2D eigenvalue weighted by Gasteiger charge is -2.26. The van der Waals surface area contributed by atoms with Crippen molar-refractivity contribution in [3.8, 4) is 0 Å². The van der Waals surface area contributed by atoms with Gasteiger partial charge in [0.2, 0.25) is 5.91 Å². The lowest BCUT2D eigenvalue weighted by atomic mass is 9.88. The van der Waals surface area contributed by atoms with Gasteiger partial charge in [-0.05, 0) is 19.3 Å². The van der Waals surface area contributed by atoms with Crippen LogP contribution in [0, 0.1) is 5.92 Å². The summed E-state index contributed by atoms with van der Waals surface area (Å²) in [5.41, 5.74) is 0. The first-order valence-electron chi connectivity index (χ1n) is 5.96. The molecule has 1 amide bonds. The van der Waals surface area contributed by atoms with E-state index < -0.39 is 25.0 Å². The average molecular weight is 256 g/mol. The van der Waals surface area contributed by atoms with E-state index >= 15 is 0 Å². The van der Waals surface area contributed by atoms with E-state index in [1.165, 1.54) is 0 Å². The number of amides is 1. The maximum absolute atomic E-state index is 12.2. The standard InChI is InChI=1S/C11H16N2O5/c14-9(15)4-13(5-10(16)17)11(18)7-3-6-1-2-8(7)12-6/h6-8,12H,1-5H2,(H,14,15)(H,16,17). The largest absolute Gasteiger partial charge is 0.480 e. The summed E-state index contributed by atoms with van der Waals surface area (Å²) in [6.07, 6.45) is 2.61. The first kappa shape index (κ1) is 12.8. The topological polar surface area (TPSA) is 107 Å². The Morgan fingerprint density at radius 2 is 1.72 bits per heavy atom. The van der Waals surface area contributed by atoms with Crippen LogP contribution < -0.4 is 5.32 Å². The molecule has 2 aliphatic heterocycles. The second kappa shape index (κ2) is 4.93. The van der Waals surface area contributed by atoms with E-state index in [1.54, 1.807) is 0 Å². The number of nitrogens with zero attached hydrogens (tertiary/aromatic N) is 1. The van der Waals surface area contributed by atoms with Crippen LogP contribution in [0.3, 0.4) is 0 Å². The number of nitrogens with one attached hydrogen (secondary N) is 1. The number of hydrogen-bond donors (Lipinski definition) is 3. The Hall–Kier alpha value is -1.63. The fourth-order valence-corrected chi connectivity index (χ4v) is 2.87. The molecule has 7 heteroatoms. The number of carboxylic acid groups (broad SMARTS) is 2. The van der Waals surface area contributed by atoms with Gasteiger partial charge in [-0.3, -0.25) is 14.4 Å². The third-order valence-electron chi connectivity index (χ3n) is 3.58. The Morgan fingerprint density at radius 3 is 2.11 bits per heavy atom. The molecule has 0 aliphatic carbocycles. The van der Waals surface area contributed by atoms with Crippen molar-refractivity contribution in [1.29, 1.82) is 0 Å². The molecule has 0 aromatic rings. The highest BCUT2D eigenvalue weighted by Crippen LogP contribution is 2.34. The Bertz CT molecular complexity index is 368. The Labute approximate surface area is 104 Å². The molecule has 0 spiro atoms. The third kappa shape index (κ3) is 2.61. The number of rotatable bonds is 5. The summed E-state index contributed by atoms with van der Waals surface area (Å²) in [6.45, 7) is -1.11. The first-order chi connectivity index (χ1) is 8.47. The van der Waals surface area contributed by atoms with Crippen LogP contribution >= 0.6 is 0 Å². The Balaban J connectivity index is 2.03. The van der Waals surface area contributed by atoms with Gasteiger partial charge >= 0.3 is 11.9 Å². The van der Waals surface area contributed by atoms with Crippen LogP contribution in [0.1, 0.15) is 19.3 Å². The predicted molar refractivity (Wildman–Crippen MR) is 59.9 cm³/mol. The van der Waals surface area contributed by atoms with E-state index in [1.807, 2.05) is 0 Å². The van der Waals surface area contributed by atoms with Gasteiger partial charge < -0.3 is 20.4 Å². The third-order valence-corrected chi connectivity index (χ3v) is 3.58. The van der Waals surface area contributed by atoms with Crippen molar-refractivity contribution < 1.29 is 24.6 Å². The van der Waals surface area contributed by atoms with Crippen molar-refractivity contribution in [3.63, 3.8) is 0 Å². The molecule has 2 bridgehead atoms. The molecule has 2 saturated heterocycles. The van der Waals surface area contributed by atoms with Crippen LogP contribution in [0.15, 0.2) is 0 Å². The predicted octanol–water partition coefficient (Wildman–Crippen LogP) is -0.875. The molecule has 0 aromatic heterocycles. The van der Waals surface area contributed by atoms with Crippen molar-refractivity contribution in [2.45, 2.75) is 31.3 Å². The minimum Gasteiger partial charge on any atom is -0.480 e. The summed E-state index contributed by atoms with van der Waals surface area (Å²) in [6, 6.07) is 0.396. The van der Waals surface area contributed by atoms with Crippen molar-refractivity contribution in [1.82, 2.24) is 10.2 Å². The highest BCUT2D eigenvalue weighted by Gasteiger charge is 2.44. The highest BCUT2D eigenvalue weighted by atomic mass is 16.4. The van der Waals surface area contributed by atoms with Gasteiger partial charge in [-0.25, -0.2) is 0 Å². The van der Waals surface area contributed by atoms with Crippen molar-refractivity contribution >= 4 is 17.8 Å². The minimum atomic E-state index is -1.19. The summed E-state index contributed by atoms with van der Waals surface area (Å²) in [4.78, 5) is 34.4.